The smallest absolute Gasteiger partial charge is 0.329 e. The monoisotopic (exact) mass is 254 g/mol. The maximum absolute atomic E-state index is 11.5. The zero-order valence-electron chi connectivity index (χ0n) is 9.57. The van der Waals surface area contributed by atoms with E-state index >= 15 is 0 Å². The number of carbonyl (C=O) groups excluding carboxylic acids is 1. The summed E-state index contributed by atoms with van der Waals surface area (Å²) in [6.45, 7) is 0. The Kier molecular flexibility index (Phi) is 3.86. The van der Waals surface area contributed by atoms with E-state index in [1.54, 1.807) is 0 Å². The van der Waals surface area contributed by atoms with Crippen LogP contribution in [0.5, 0.6) is 0 Å². The first-order valence-electron chi connectivity index (χ1n) is 5.55. The first-order valence-corrected chi connectivity index (χ1v) is 5.93. The molecule has 2 N–H and O–H groups in total. The Morgan fingerprint density at radius 2 is 2.06 bits per heavy atom. The van der Waals surface area contributed by atoms with Crippen molar-refractivity contribution in [1.82, 2.24) is 10.8 Å². The highest BCUT2D eigenvalue weighted by molar-refractivity contribution is 6.30. The first kappa shape index (κ1) is 12.2. The van der Waals surface area contributed by atoms with Crippen LogP contribution in [0.1, 0.15) is 24.4 Å². The number of hydroxylamine groups is 1. The third-order valence-corrected chi connectivity index (χ3v) is 3.06. The van der Waals surface area contributed by atoms with E-state index in [-0.39, 0.29) is 12.1 Å². The van der Waals surface area contributed by atoms with Gasteiger partial charge in [-0.3, -0.25) is 4.84 Å². The number of benzene rings is 1. The molecule has 1 aromatic rings. The van der Waals surface area contributed by atoms with Gasteiger partial charge in [-0.15, -0.1) is 0 Å². The summed E-state index contributed by atoms with van der Waals surface area (Å²) >= 11 is 5.85. The molecule has 5 heteroatoms. The molecule has 1 saturated carbocycles. The molecule has 1 unspecified atom stereocenters. The molecule has 92 valence electrons. The van der Waals surface area contributed by atoms with E-state index in [2.05, 4.69) is 15.6 Å². The molecular weight excluding hydrogens is 240 g/mol. The van der Waals surface area contributed by atoms with Crippen LogP contribution in [0.3, 0.4) is 0 Å². The second kappa shape index (κ2) is 5.38. The van der Waals surface area contributed by atoms with Crippen molar-refractivity contribution < 1.29 is 9.63 Å². The van der Waals surface area contributed by atoms with Crippen LogP contribution in [0, 0.1) is 5.92 Å². The topological polar surface area (TPSA) is 50.4 Å². The molecule has 0 saturated heterocycles. The zero-order chi connectivity index (χ0) is 12.3. The highest BCUT2D eigenvalue weighted by Crippen LogP contribution is 2.41. The maximum Gasteiger partial charge on any atom is 0.339 e. The fourth-order valence-electron chi connectivity index (χ4n) is 1.84. The van der Waals surface area contributed by atoms with E-state index in [0.717, 1.165) is 18.4 Å². The van der Waals surface area contributed by atoms with E-state index in [1.165, 1.54) is 7.11 Å². The van der Waals surface area contributed by atoms with Gasteiger partial charge in [0.05, 0.1) is 13.2 Å². The van der Waals surface area contributed by atoms with Crippen LogP contribution in [-0.2, 0) is 4.84 Å². The van der Waals surface area contributed by atoms with Gasteiger partial charge in [0.25, 0.3) is 0 Å². The van der Waals surface area contributed by atoms with Gasteiger partial charge in [0.15, 0.2) is 0 Å². The average molecular weight is 255 g/mol. The van der Waals surface area contributed by atoms with E-state index < -0.39 is 0 Å². The van der Waals surface area contributed by atoms with Gasteiger partial charge in [-0.2, -0.15) is 0 Å². The number of urea groups is 1. The highest BCUT2D eigenvalue weighted by atomic mass is 35.5. The Balaban J connectivity index is 2.06. The Morgan fingerprint density at radius 1 is 1.41 bits per heavy atom. The molecule has 2 amide bonds. The van der Waals surface area contributed by atoms with Crippen molar-refractivity contribution in [3.8, 4) is 0 Å². The number of hydrogen-bond donors (Lipinski definition) is 2. The van der Waals surface area contributed by atoms with Crippen molar-refractivity contribution in [2.24, 2.45) is 5.92 Å². The number of hydrogen-bond acceptors (Lipinski definition) is 2. The van der Waals surface area contributed by atoms with E-state index in [4.69, 9.17) is 11.6 Å². The third-order valence-electron chi connectivity index (χ3n) is 2.80. The molecule has 0 heterocycles. The number of halogens is 1. The van der Waals surface area contributed by atoms with Gasteiger partial charge in [0.2, 0.25) is 0 Å². The Labute approximate surface area is 105 Å². The summed E-state index contributed by atoms with van der Waals surface area (Å²) in [4.78, 5) is 16.0. The first-order chi connectivity index (χ1) is 8.20. The van der Waals surface area contributed by atoms with Gasteiger partial charge in [-0.25, -0.2) is 10.3 Å². The predicted molar refractivity (Wildman–Crippen MR) is 65.6 cm³/mol. The minimum Gasteiger partial charge on any atom is -0.329 e. The Morgan fingerprint density at radius 3 is 2.59 bits per heavy atom. The van der Waals surface area contributed by atoms with Crippen molar-refractivity contribution in [2.45, 2.75) is 18.9 Å². The van der Waals surface area contributed by atoms with Crippen molar-refractivity contribution in [2.75, 3.05) is 7.11 Å². The van der Waals surface area contributed by atoms with Crippen molar-refractivity contribution in [3.63, 3.8) is 0 Å². The number of amides is 2. The van der Waals surface area contributed by atoms with Crippen LogP contribution in [0.25, 0.3) is 0 Å². The molecule has 0 radical (unpaired) electrons. The molecule has 0 spiro atoms. The molecule has 1 atom stereocenters. The molecule has 17 heavy (non-hydrogen) atoms. The lowest BCUT2D eigenvalue weighted by atomic mass is 10.0. The number of carbonyl (C=O) groups is 1. The minimum absolute atomic E-state index is 0.0300. The molecule has 1 aliphatic carbocycles. The molecule has 4 nitrogen and oxygen atoms in total. The summed E-state index contributed by atoms with van der Waals surface area (Å²) in [5.74, 6) is 0.513. The molecular formula is C12H15ClN2O2. The van der Waals surface area contributed by atoms with Crippen LogP contribution >= 0.6 is 11.6 Å². The van der Waals surface area contributed by atoms with Gasteiger partial charge in [0, 0.05) is 5.02 Å². The molecule has 2 rings (SSSR count). The fourth-order valence-corrected chi connectivity index (χ4v) is 1.96. The Hall–Kier alpha value is -1.26. The van der Waals surface area contributed by atoms with Gasteiger partial charge >= 0.3 is 6.03 Å². The van der Waals surface area contributed by atoms with Crippen molar-refractivity contribution in [1.29, 1.82) is 0 Å². The second-order valence-electron chi connectivity index (χ2n) is 4.15. The molecule has 0 aliphatic heterocycles. The molecule has 1 aliphatic rings. The maximum atomic E-state index is 11.5. The predicted octanol–water partition coefficient (Wildman–Crippen LogP) is 2.65. The lowest BCUT2D eigenvalue weighted by molar-refractivity contribution is 0.105. The quantitative estimate of drug-likeness (QED) is 0.812. The normalized spacial score (nSPS) is 16.4. The average Bonchev–Trinajstić information content (AvgIpc) is 3.12. The summed E-state index contributed by atoms with van der Waals surface area (Å²) in [5, 5.41) is 3.60. The van der Waals surface area contributed by atoms with Crippen LogP contribution in [0.15, 0.2) is 24.3 Å². The van der Waals surface area contributed by atoms with Crippen molar-refractivity contribution >= 4 is 17.6 Å². The molecule has 0 aromatic heterocycles. The van der Waals surface area contributed by atoms with E-state index in [0.29, 0.717) is 10.9 Å². The largest absolute Gasteiger partial charge is 0.339 e. The Bertz CT molecular complexity index is 390. The van der Waals surface area contributed by atoms with Gasteiger partial charge in [-0.05, 0) is 36.5 Å². The standard InChI is InChI=1S/C12H15ClN2O2/c1-17-15-12(16)14-11(8-2-3-8)9-4-6-10(13)7-5-9/h4-8,11H,2-3H2,1H3,(H2,14,15,16). The summed E-state index contributed by atoms with van der Waals surface area (Å²) in [6, 6.07) is 7.27. The van der Waals surface area contributed by atoms with E-state index in [1.807, 2.05) is 24.3 Å². The minimum atomic E-state index is -0.320. The van der Waals surface area contributed by atoms with Crippen LogP contribution in [-0.4, -0.2) is 13.1 Å². The number of rotatable bonds is 4. The van der Waals surface area contributed by atoms with Crippen LogP contribution < -0.4 is 10.8 Å². The van der Waals surface area contributed by atoms with Gasteiger partial charge < -0.3 is 5.32 Å². The highest BCUT2D eigenvalue weighted by Gasteiger charge is 2.33. The third kappa shape index (κ3) is 3.35. The van der Waals surface area contributed by atoms with Gasteiger partial charge in [0.1, 0.15) is 0 Å². The lowest BCUT2D eigenvalue weighted by Crippen LogP contribution is -2.38. The van der Waals surface area contributed by atoms with Crippen LogP contribution in [0.2, 0.25) is 5.02 Å². The van der Waals surface area contributed by atoms with Crippen molar-refractivity contribution in [3.05, 3.63) is 34.9 Å². The summed E-state index contributed by atoms with van der Waals surface area (Å²) < 4.78 is 0. The lowest BCUT2D eigenvalue weighted by Gasteiger charge is -2.18. The summed E-state index contributed by atoms with van der Waals surface area (Å²) in [6.07, 6.45) is 2.28. The molecule has 0 bridgehead atoms. The van der Waals surface area contributed by atoms with Crippen LogP contribution in [0.4, 0.5) is 4.79 Å². The molecule has 1 fully saturated rings. The molecule has 1 aromatic carbocycles. The fraction of sp³-hybridized carbons (Fsp3) is 0.417. The SMILES string of the molecule is CONC(=O)NC(c1ccc(Cl)cc1)C1CC1. The van der Waals surface area contributed by atoms with E-state index in [9.17, 15) is 4.79 Å². The second-order valence-corrected chi connectivity index (χ2v) is 4.58. The zero-order valence-corrected chi connectivity index (χ0v) is 10.3. The summed E-state index contributed by atoms with van der Waals surface area (Å²) in [7, 11) is 1.41. The number of nitrogens with one attached hydrogen (secondary N) is 2. The summed E-state index contributed by atoms with van der Waals surface area (Å²) in [5.41, 5.74) is 3.34. The van der Waals surface area contributed by atoms with Gasteiger partial charge in [-0.1, -0.05) is 23.7 Å².